The maximum absolute atomic E-state index is 13.0. The molecule has 0 aliphatic rings. The predicted octanol–water partition coefficient (Wildman–Crippen LogP) is 3.93. The van der Waals surface area contributed by atoms with E-state index in [4.69, 9.17) is 9.84 Å². The normalized spacial score (nSPS) is 10.4. The molecule has 8 nitrogen and oxygen atoms in total. The van der Waals surface area contributed by atoms with Gasteiger partial charge in [-0.1, -0.05) is 30.3 Å². The van der Waals surface area contributed by atoms with Crippen LogP contribution in [0.4, 0.5) is 5.69 Å². The quantitative estimate of drug-likeness (QED) is 0.320. The first-order valence-corrected chi connectivity index (χ1v) is 9.79. The first-order valence-electron chi connectivity index (χ1n) is 9.79. The highest BCUT2D eigenvalue weighted by molar-refractivity contribution is 5.95. The summed E-state index contributed by atoms with van der Waals surface area (Å²) in [7, 11) is 1.32. The number of aliphatic carboxylic acids is 1. The largest absolute Gasteiger partial charge is 0.490 e. The van der Waals surface area contributed by atoms with Gasteiger partial charge in [-0.2, -0.15) is 0 Å². The Labute approximate surface area is 175 Å². The number of unbranched alkanes of at least 4 members (excludes halogenated alkanes) is 1. The molecule has 1 N–H and O–H groups in total. The van der Waals surface area contributed by atoms with Crippen LogP contribution >= 0.6 is 0 Å². The minimum atomic E-state index is -0.864. The number of benzene rings is 2. The van der Waals surface area contributed by atoms with Crippen molar-refractivity contribution in [1.82, 2.24) is 4.90 Å². The Hall–Kier alpha value is -3.42. The second-order valence-corrected chi connectivity index (χ2v) is 6.88. The highest BCUT2D eigenvalue weighted by atomic mass is 16.6. The second kappa shape index (κ2) is 11.5. The average Bonchev–Trinajstić information content (AvgIpc) is 2.74. The number of rotatable bonds is 12. The number of carboxylic acid groups (broad SMARTS) is 1. The number of carbonyl (C=O) groups is 2. The third-order valence-corrected chi connectivity index (χ3v) is 4.72. The summed E-state index contributed by atoms with van der Waals surface area (Å²) in [4.78, 5) is 36.0. The highest BCUT2D eigenvalue weighted by Crippen LogP contribution is 2.28. The van der Waals surface area contributed by atoms with Crippen LogP contribution in [0.25, 0.3) is 0 Å². The molecule has 2 rings (SSSR count). The second-order valence-electron chi connectivity index (χ2n) is 6.88. The molecule has 0 heterocycles. The first kappa shape index (κ1) is 22.9. The molecule has 2 aromatic rings. The van der Waals surface area contributed by atoms with E-state index in [1.165, 1.54) is 30.9 Å². The number of nitrogens with zero attached hydrogens (tertiary/aromatic N) is 2. The molecule has 0 unspecified atom stereocenters. The number of nitro groups is 1. The molecule has 0 aliphatic carbocycles. The lowest BCUT2D eigenvalue weighted by atomic mass is 10.1. The summed E-state index contributed by atoms with van der Waals surface area (Å²) in [6.07, 6.45) is 2.65. The lowest BCUT2D eigenvalue weighted by Crippen LogP contribution is -2.33. The van der Waals surface area contributed by atoms with Gasteiger partial charge in [-0.3, -0.25) is 19.7 Å². The van der Waals surface area contributed by atoms with Crippen molar-refractivity contribution in [3.05, 3.63) is 69.8 Å². The predicted molar refractivity (Wildman–Crippen MR) is 112 cm³/mol. The van der Waals surface area contributed by atoms with E-state index >= 15 is 0 Å². The highest BCUT2D eigenvalue weighted by Gasteiger charge is 2.21. The molecule has 160 valence electrons. The van der Waals surface area contributed by atoms with Gasteiger partial charge >= 0.3 is 11.7 Å². The molecule has 0 atom stereocenters. The minimum Gasteiger partial charge on any atom is -0.490 e. The third-order valence-electron chi connectivity index (χ3n) is 4.72. The Kier molecular flexibility index (Phi) is 8.80. The van der Waals surface area contributed by atoms with Crippen molar-refractivity contribution in [3.8, 4) is 5.75 Å². The SMILES string of the molecule is COc1cc(C(=O)N(CCCCC(=O)O)CCCc2ccccc2)ccc1[N+](=O)[O-]. The molecule has 30 heavy (non-hydrogen) atoms. The maximum Gasteiger partial charge on any atom is 0.310 e. The lowest BCUT2D eigenvalue weighted by molar-refractivity contribution is -0.385. The third kappa shape index (κ3) is 6.88. The van der Waals surface area contributed by atoms with Crippen LogP contribution in [0.2, 0.25) is 0 Å². The van der Waals surface area contributed by atoms with E-state index in [0.29, 0.717) is 31.5 Å². The first-order chi connectivity index (χ1) is 14.4. The summed E-state index contributed by atoms with van der Waals surface area (Å²) in [6, 6.07) is 14.0. The number of ether oxygens (including phenoxy) is 1. The monoisotopic (exact) mass is 414 g/mol. The van der Waals surface area contributed by atoms with Crippen molar-refractivity contribution < 1.29 is 24.4 Å². The van der Waals surface area contributed by atoms with Crippen LogP contribution in [0, 0.1) is 10.1 Å². The van der Waals surface area contributed by atoms with E-state index in [9.17, 15) is 19.7 Å². The number of carbonyl (C=O) groups excluding carboxylic acids is 1. The van der Waals surface area contributed by atoms with Gasteiger partial charge in [0.2, 0.25) is 0 Å². The molecule has 0 aromatic heterocycles. The minimum absolute atomic E-state index is 0.0287. The van der Waals surface area contributed by atoms with E-state index in [1.807, 2.05) is 30.3 Å². The molecule has 0 saturated carbocycles. The molecular formula is C22H26N2O6. The van der Waals surface area contributed by atoms with Crippen LogP contribution in [-0.4, -0.2) is 47.0 Å². The van der Waals surface area contributed by atoms with Gasteiger partial charge < -0.3 is 14.7 Å². The number of hydrogen-bond donors (Lipinski definition) is 1. The zero-order chi connectivity index (χ0) is 21.9. The zero-order valence-corrected chi connectivity index (χ0v) is 17.0. The van der Waals surface area contributed by atoms with Crippen LogP contribution < -0.4 is 4.74 Å². The van der Waals surface area contributed by atoms with Crippen molar-refractivity contribution in [2.24, 2.45) is 0 Å². The van der Waals surface area contributed by atoms with E-state index < -0.39 is 10.9 Å². The molecule has 0 fully saturated rings. The molecule has 1 amide bonds. The lowest BCUT2D eigenvalue weighted by Gasteiger charge is -2.23. The smallest absolute Gasteiger partial charge is 0.310 e. The molecule has 0 bridgehead atoms. The molecule has 0 aliphatic heterocycles. The summed E-state index contributed by atoms with van der Waals surface area (Å²) in [6.45, 7) is 0.917. The van der Waals surface area contributed by atoms with Crippen LogP contribution in [0.1, 0.15) is 41.6 Å². The van der Waals surface area contributed by atoms with E-state index in [-0.39, 0.29) is 23.8 Å². The van der Waals surface area contributed by atoms with E-state index in [0.717, 1.165) is 12.8 Å². The van der Waals surface area contributed by atoms with Crippen LogP contribution in [0.5, 0.6) is 5.75 Å². The van der Waals surface area contributed by atoms with Gasteiger partial charge in [-0.05, 0) is 37.3 Å². The van der Waals surface area contributed by atoms with Crippen molar-refractivity contribution in [2.75, 3.05) is 20.2 Å². The maximum atomic E-state index is 13.0. The summed E-state index contributed by atoms with van der Waals surface area (Å²) in [5, 5.41) is 19.9. The number of nitro benzene ring substituents is 1. The average molecular weight is 414 g/mol. The van der Waals surface area contributed by atoms with Gasteiger partial charge in [0.25, 0.3) is 5.91 Å². The summed E-state index contributed by atoms with van der Waals surface area (Å²) in [5.41, 5.74) is 1.27. The van der Waals surface area contributed by atoms with Gasteiger partial charge in [0.15, 0.2) is 5.75 Å². The molecule has 8 heteroatoms. The molecular weight excluding hydrogens is 388 g/mol. The van der Waals surface area contributed by atoms with Gasteiger partial charge in [0.05, 0.1) is 12.0 Å². The fraction of sp³-hybridized carbons (Fsp3) is 0.364. The Balaban J connectivity index is 2.09. The summed E-state index contributed by atoms with van der Waals surface area (Å²) >= 11 is 0. The van der Waals surface area contributed by atoms with Crippen molar-refractivity contribution in [2.45, 2.75) is 32.1 Å². The summed E-state index contributed by atoms with van der Waals surface area (Å²) in [5.74, 6) is -1.09. The van der Waals surface area contributed by atoms with Crippen molar-refractivity contribution in [1.29, 1.82) is 0 Å². The molecule has 2 aromatic carbocycles. The number of aryl methyl sites for hydroxylation is 1. The van der Waals surface area contributed by atoms with Crippen molar-refractivity contribution in [3.63, 3.8) is 0 Å². The van der Waals surface area contributed by atoms with Crippen LogP contribution in [0.3, 0.4) is 0 Å². The van der Waals surface area contributed by atoms with Crippen LogP contribution in [0.15, 0.2) is 48.5 Å². The Morgan fingerprint density at radius 3 is 2.40 bits per heavy atom. The number of hydrogen-bond acceptors (Lipinski definition) is 5. The number of carboxylic acids is 1. The molecule has 0 radical (unpaired) electrons. The van der Waals surface area contributed by atoms with Gasteiger partial charge in [0.1, 0.15) is 0 Å². The van der Waals surface area contributed by atoms with Gasteiger partial charge in [-0.15, -0.1) is 0 Å². The van der Waals surface area contributed by atoms with Crippen LogP contribution in [-0.2, 0) is 11.2 Å². The Morgan fingerprint density at radius 2 is 1.77 bits per heavy atom. The Bertz CT molecular complexity index is 869. The summed E-state index contributed by atoms with van der Waals surface area (Å²) < 4.78 is 5.06. The fourth-order valence-corrected chi connectivity index (χ4v) is 3.16. The van der Waals surface area contributed by atoms with Gasteiger partial charge in [0, 0.05) is 37.2 Å². The standard InChI is InChI=1S/C22H26N2O6/c1-30-20-16-18(12-13-19(20)24(28)29)22(27)23(14-6-5-11-21(25)26)15-7-10-17-8-3-2-4-9-17/h2-4,8-9,12-13,16H,5-7,10-11,14-15H2,1H3,(H,25,26). The topological polar surface area (TPSA) is 110 Å². The van der Waals surface area contributed by atoms with E-state index in [2.05, 4.69) is 0 Å². The number of methoxy groups -OCH3 is 1. The number of amides is 1. The molecule has 0 saturated heterocycles. The van der Waals surface area contributed by atoms with Crippen molar-refractivity contribution >= 4 is 17.6 Å². The fourth-order valence-electron chi connectivity index (χ4n) is 3.16. The zero-order valence-electron chi connectivity index (χ0n) is 17.0. The van der Waals surface area contributed by atoms with Gasteiger partial charge in [-0.25, -0.2) is 0 Å². The Morgan fingerprint density at radius 1 is 1.07 bits per heavy atom. The molecule has 0 spiro atoms. The van der Waals surface area contributed by atoms with E-state index in [1.54, 1.807) is 4.90 Å².